The van der Waals surface area contributed by atoms with Gasteiger partial charge in [0.25, 0.3) is 0 Å². The van der Waals surface area contributed by atoms with E-state index in [1.54, 1.807) is 5.56 Å². The van der Waals surface area contributed by atoms with Gasteiger partial charge in [0.2, 0.25) is 0 Å². The normalized spacial score (nSPS) is 19.9. The van der Waals surface area contributed by atoms with Crippen molar-refractivity contribution in [3.63, 3.8) is 0 Å². The summed E-state index contributed by atoms with van der Waals surface area (Å²) in [7, 11) is 0. The number of nitrogens with one attached hydrogen (secondary N) is 1. The zero-order chi connectivity index (χ0) is 14.8. The number of hydrogen-bond donors (Lipinski definition) is 1. The summed E-state index contributed by atoms with van der Waals surface area (Å²) in [5.41, 5.74) is 1.55. The fourth-order valence-electron chi connectivity index (χ4n) is 3.16. The van der Waals surface area contributed by atoms with Crippen LogP contribution in [0.15, 0.2) is 24.3 Å². The van der Waals surface area contributed by atoms with Crippen LogP contribution in [0, 0.1) is 5.92 Å². The first-order chi connectivity index (χ1) is 10.1. The third kappa shape index (κ3) is 3.47. The number of benzene rings is 1. The SMILES string of the molecule is CC1CCN(Cc2c(CNC(C)C)sc3ccccc23)C1. The van der Waals surface area contributed by atoms with Crippen molar-refractivity contribution in [2.45, 2.75) is 46.3 Å². The molecule has 21 heavy (non-hydrogen) atoms. The van der Waals surface area contributed by atoms with E-state index >= 15 is 0 Å². The van der Waals surface area contributed by atoms with Crippen LogP contribution in [0.4, 0.5) is 0 Å². The standard InChI is InChI=1S/C18H26N2S/c1-13(2)19-10-18-16(12-20-9-8-14(3)11-20)15-6-4-5-7-17(15)21-18/h4-7,13-14,19H,8-12H2,1-3H3. The predicted octanol–water partition coefficient (Wildman–Crippen LogP) is 4.24. The maximum Gasteiger partial charge on any atom is 0.0349 e. The molecule has 1 aromatic carbocycles. The van der Waals surface area contributed by atoms with E-state index in [-0.39, 0.29) is 0 Å². The van der Waals surface area contributed by atoms with Crippen LogP contribution in [-0.4, -0.2) is 24.0 Å². The van der Waals surface area contributed by atoms with Crippen molar-refractivity contribution in [3.8, 4) is 0 Å². The van der Waals surface area contributed by atoms with Gasteiger partial charge in [0.05, 0.1) is 0 Å². The largest absolute Gasteiger partial charge is 0.310 e. The van der Waals surface area contributed by atoms with Gasteiger partial charge in [-0.05, 0) is 35.9 Å². The van der Waals surface area contributed by atoms with Crippen molar-refractivity contribution in [3.05, 3.63) is 34.7 Å². The molecule has 114 valence electrons. The molecule has 0 aliphatic carbocycles. The molecule has 0 amide bonds. The molecule has 1 atom stereocenters. The van der Waals surface area contributed by atoms with E-state index in [0.717, 1.165) is 19.0 Å². The lowest BCUT2D eigenvalue weighted by Gasteiger charge is -2.17. The summed E-state index contributed by atoms with van der Waals surface area (Å²) in [6.07, 6.45) is 1.35. The van der Waals surface area contributed by atoms with Crippen LogP contribution in [0.5, 0.6) is 0 Å². The molecule has 3 heteroatoms. The second-order valence-corrected chi connectivity index (χ2v) is 7.80. The number of rotatable bonds is 5. The minimum atomic E-state index is 0.537. The number of thiophene rings is 1. The lowest BCUT2D eigenvalue weighted by molar-refractivity contribution is 0.320. The zero-order valence-corrected chi connectivity index (χ0v) is 14.2. The average Bonchev–Trinajstić information content (AvgIpc) is 3.01. The Labute approximate surface area is 132 Å². The summed E-state index contributed by atoms with van der Waals surface area (Å²) in [5.74, 6) is 0.854. The van der Waals surface area contributed by atoms with Gasteiger partial charge in [0.1, 0.15) is 0 Å². The topological polar surface area (TPSA) is 15.3 Å². The third-order valence-corrected chi connectivity index (χ3v) is 5.56. The molecule has 0 spiro atoms. The number of hydrogen-bond acceptors (Lipinski definition) is 3. The minimum Gasteiger partial charge on any atom is -0.310 e. The van der Waals surface area contributed by atoms with E-state index in [4.69, 9.17) is 0 Å². The molecule has 1 N–H and O–H groups in total. The van der Waals surface area contributed by atoms with E-state index in [0.29, 0.717) is 6.04 Å². The number of nitrogens with zero attached hydrogens (tertiary/aromatic N) is 1. The smallest absolute Gasteiger partial charge is 0.0349 e. The third-order valence-electron chi connectivity index (χ3n) is 4.34. The molecule has 0 radical (unpaired) electrons. The predicted molar refractivity (Wildman–Crippen MR) is 92.9 cm³/mol. The lowest BCUT2D eigenvalue weighted by Crippen LogP contribution is -2.24. The maximum atomic E-state index is 3.59. The molecule has 1 aliphatic heterocycles. The summed E-state index contributed by atoms with van der Waals surface area (Å²) < 4.78 is 1.43. The Hall–Kier alpha value is -0.900. The number of fused-ring (bicyclic) bond motifs is 1. The first-order valence-corrected chi connectivity index (χ1v) is 8.90. The van der Waals surface area contributed by atoms with Crippen LogP contribution in [-0.2, 0) is 13.1 Å². The van der Waals surface area contributed by atoms with E-state index in [9.17, 15) is 0 Å². The van der Waals surface area contributed by atoms with Gasteiger partial charge in [0, 0.05) is 35.3 Å². The Bertz CT molecular complexity index is 602. The van der Waals surface area contributed by atoms with Crippen molar-refractivity contribution < 1.29 is 0 Å². The maximum absolute atomic E-state index is 3.59. The fraction of sp³-hybridized carbons (Fsp3) is 0.556. The Morgan fingerprint density at radius 3 is 2.86 bits per heavy atom. The second-order valence-electron chi connectivity index (χ2n) is 6.66. The van der Waals surface area contributed by atoms with Crippen molar-refractivity contribution in [2.75, 3.05) is 13.1 Å². The molecule has 2 heterocycles. The van der Waals surface area contributed by atoms with E-state index in [2.05, 4.69) is 55.3 Å². The molecule has 1 fully saturated rings. The van der Waals surface area contributed by atoms with Crippen molar-refractivity contribution in [2.24, 2.45) is 5.92 Å². The molecule has 2 aromatic rings. The molecule has 1 unspecified atom stereocenters. The summed E-state index contributed by atoms with van der Waals surface area (Å²) in [5, 5.41) is 5.05. The van der Waals surface area contributed by atoms with Gasteiger partial charge in [-0.1, -0.05) is 39.0 Å². The summed E-state index contributed by atoms with van der Waals surface area (Å²) in [4.78, 5) is 4.14. The van der Waals surface area contributed by atoms with Crippen LogP contribution in [0.2, 0.25) is 0 Å². The molecule has 1 aromatic heterocycles. The van der Waals surface area contributed by atoms with Crippen molar-refractivity contribution in [1.29, 1.82) is 0 Å². The Morgan fingerprint density at radius 2 is 2.14 bits per heavy atom. The summed E-state index contributed by atoms with van der Waals surface area (Å²) >= 11 is 1.96. The van der Waals surface area contributed by atoms with Gasteiger partial charge >= 0.3 is 0 Å². The summed E-state index contributed by atoms with van der Waals surface area (Å²) in [6, 6.07) is 9.41. The highest BCUT2D eigenvalue weighted by Crippen LogP contribution is 2.33. The highest BCUT2D eigenvalue weighted by atomic mass is 32.1. The van der Waals surface area contributed by atoms with Crippen LogP contribution in [0.1, 0.15) is 37.6 Å². The molecule has 1 aliphatic rings. The van der Waals surface area contributed by atoms with Crippen LogP contribution < -0.4 is 5.32 Å². The molecular weight excluding hydrogens is 276 g/mol. The quantitative estimate of drug-likeness (QED) is 0.888. The Balaban J connectivity index is 1.87. The Morgan fingerprint density at radius 1 is 1.33 bits per heavy atom. The van der Waals surface area contributed by atoms with Gasteiger partial charge < -0.3 is 5.32 Å². The summed E-state index contributed by atoms with van der Waals surface area (Å²) in [6.45, 7) is 11.4. The minimum absolute atomic E-state index is 0.537. The monoisotopic (exact) mass is 302 g/mol. The van der Waals surface area contributed by atoms with E-state index in [1.807, 2.05) is 11.3 Å². The fourth-order valence-corrected chi connectivity index (χ4v) is 4.32. The van der Waals surface area contributed by atoms with Gasteiger partial charge in [-0.3, -0.25) is 4.90 Å². The van der Waals surface area contributed by atoms with E-state index < -0.39 is 0 Å². The zero-order valence-electron chi connectivity index (χ0n) is 13.4. The van der Waals surface area contributed by atoms with Gasteiger partial charge in [0.15, 0.2) is 0 Å². The molecule has 1 saturated heterocycles. The van der Waals surface area contributed by atoms with Gasteiger partial charge in [-0.15, -0.1) is 11.3 Å². The first kappa shape index (κ1) is 15.0. The molecule has 0 saturated carbocycles. The highest BCUT2D eigenvalue weighted by Gasteiger charge is 2.21. The highest BCUT2D eigenvalue weighted by molar-refractivity contribution is 7.19. The number of likely N-dealkylation sites (tertiary alicyclic amines) is 1. The van der Waals surface area contributed by atoms with Crippen LogP contribution >= 0.6 is 11.3 Å². The average molecular weight is 302 g/mol. The molecule has 2 nitrogen and oxygen atoms in total. The van der Waals surface area contributed by atoms with Crippen molar-refractivity contribution >= 4 is 21.4 Å². The van der Waals surface area contributed by atoms with Crippen LogP contribution in [0.3, 0.4) is 0 Å². The van der Waals surface area contributed by atoms with Crippen LogP contribution in [0.25, 0.3) is 10.1 Å². The lowest BCUT2D eigenvalue weighted by atomic mass is 10.1. The van der Waals surface area contributed by atoms with E-state index in [1.165, 1.54) is 34.5 Å². The second kappa shape index (κ2) is 6.47. The first-order valence-electron chi connectivity index (χ1n) is 8.08. The molecule has 0 bridgehead atoms. The van der Waals surface area contributed by atoms with Crippen molar-refractivity contribution in [1.82, 2.24) is 10.2 Å². The molecular formula is C18H26N2S. The van der Waals surface area contributed by atoms with Gasteiger partial charge in [-0.2, -0.15) is 0 Å². The Kier molecular flexibility index (Phi) is 4.63. The molecule has 3 rings (SSSR count). The van der Waals surface area contributed by atoms with Gasteiger partial charge in [-0.25, -0.2) is 0 Å².